The van der Waals surface area contributed by atoms with Crippen LogP contribution in [0.1, 0.15) is 57.8 Å². The monoisotopic (exact) mass is 437 g/mol. The first kappa shape index (κ1) is 22.1. The number of carbonyl (C=O) groups excluding carboxylic acids is 1. The van der Waals surface area contributed by atoms with Gasteiger partial charge >= 0.3 is 5.97 Å². The molecule has 3 aliphatic carbocycles. The van der Waals surface area contributed by atoms with Gasteiger partial charge in [0.2, 0.25) is 5.91 Å². The molecule has 0 heterocycles. The summed E-state index contributed by atoms with van der Waals surface area (Å²) < 4.78 is 20.0. The average molecular weight is 438 g/mol. The Kier molecular flexibility index (Phi) is 7.85. The smallest absolute Gasteiger partial charge is 0.307 e. The lowest BCUT2D eigenvalue weighted by Gasteiger charge is -2.36. The van der Waals surface area contributed by atoms with E-state index in [1.165, 1.54) is 0 Å². The fraction of sp³-hybridized carbons (Fsp3) is 0.900. The summed E-state index contributed by atoms with van der Waals surface area (Å²) in [6.07, 6.45) is 5.00. The molecule has 0 aromatic heterocycles. The third kappa shape index (κ3) is 5.31. The highest BCUT2D eigenvalue weighted by Crippen LogP contribution is 2.35. The van der Waals surface area contributed by atoms with Gasteiger partial charge in [-0.2, -0.15) is 0 Å². The Balaban J connectivity index is 1.44. The molecule has 0 aromatic rings. The number of ether oxygens (including phenoxy) is 1. The number of hydrogen-bond acceptors (Lipinski definition) is 3. The summed E-state index contributed by atoms with van der Waals surface area (Å²) in [7, 11) is 0. The van der Waals surface area contributed by atoms with Crippen molar-refractivity contribution < 1.29 is 23.8 Å². The summed E-state index contributed by atoms with van der Waals surface area (Å²) in [5.41, 5.74) is 0. The molecule has 5 nitrogen and oxygen atoms in total. The molecule has 28 heavy (non-hydrogen) atoms. The largest absolute Gasteiger partial charge is 0.481 e. The van der Waals surface area contributed by atoms with Crippen LogP contribution >= 0.6 is 23.2 Å². The summed E-state index contributed by atoms with van der Waals surface area (Å²) in [6.45, 7) is 0.280. The number of carboxylic acid groups (broad SMARTS) is 1. The molecule has 0 aliphatic heterocycles. The second kappa shape index (κ2) is 9.94. The second-order valence-corrected chi connectivity index (χ2v) is 9.64. The SMILES string of the molecule is O=C(O)C1CCCC1C(=O)NC1CCC(OCC2C(F)CCCC2Cl)C(Cl)C1. The maximum atomic E-state index is 14.1. The van der Waals surface area contributed by atoms with Gasteiger partial charge in [0.15, 0.2) is 0 Å². The number of halogens is 3. The summed E-state index contributed by atoms with van der Waals surface area (Å²) in [6, 6.07) is -0.0747. The third-order valence-electron chi connectivity index (χ3n) is 6.62. The molecular formula is C20H30Cl2FNO4. The van der Waals surface area contributed by atoms with E-state index in [9.17, 15) is 19.1 Å². The average Bonchev–Trinajstić information content (AvgIpc) is 3.13. The molecule has 8 atom stereocenters. The predicted octanol–water partition coefficient (Wildman–Crippen LogP) is 3.89. The number of amides is 1. The fourth-order valence-electron chi connectivity index (χ4n) is 4.89. The first-order valence-electron chi connectivity index (χ1n) is 10.4. The Morgan fingerprint density at radius 3 is 2.39 bits per heavy atom. The molecule has 3 rings (SSSR count). The van der Waals surface area contributed by atoms with Crippen molar-refractivity contribution >= 4 is 35.1 Å². The van der Waals surface area contributed by atoms with Crippen molar-refractivity contribution in [3.63, 3.8) is 0 Å². The minimum absolute atomic E-state index is 0.0747. The van der Waals surface area contributed by atoms with Crippen LogP contribution in [0, 0.1) is 17.8 Å². The van der Waals surface area contributed by atoms with Crippen LogP contribution in [0.15, 0.2) is 0 Å². The minimum atomic E-state index is -0.922. The maximum Gasteiger partial charge on any atom is 0.307 e. The molecule has 0 radical (unpaired) electrons. The van der Waals surface area contributed by atoms with Crippen LogP contribution in [0.3, 0.4) is 0 Å². The van der Waals surface area contributed by atoms with Crippen LogP contribution in [-0.4, -0.2) is 52.7 Å². The Hall–Kier alpha value is -0.590. The molecule has 3 aliphatic rings. The van der Waals surface area contributed by atoms with Gasteiger partial charge in [0.1, 0.15) is 6.17 Å². The molecule has 0 spiro atoms. The van der Waals surface area contributed by atoms with Crippen LogP contribution in [0.5, 0.6) is 0 Å². The molecule has 0 aromatic carbocycles. The Bertz CT molecular complexity index is 556. The van der Waals surface area contributed by atoms with Crippen molar-refractivity contribution in [1.82, 2.24) is 5.32 Å². The van der Waals surface area contributed by atoms with Crippen LogP contribution < -0.4 is 5.32 Å². The van der Waals surface area contributed by atoms with Gasteiger partial charge in [0, 0.05) is 17.3 Å². The van der Waals surface area contributed by atoms with E-state index in [4.69, 9.17) is 27.9 Å². The number of alkyl halides is 3. The molecular weight excluding hydrogens is 408 g/mol. The van der Waals surface area contributed by atoms with Crippen LogP contribution in [0.2, 0.25) is 0 Å². The van der Waals surface area contributed by atoms with Gasteiger partial charge in [-0.25, -0.2) is 4.39 Å². The highest BCUT2D eigenvalue weighted by Gasteiger charge is 2.40. The summed E-state index contributed by atoms with van der Waals surface area (Å²) in [4.78, 5) is 23.8. The normalized spacial score (nSPS) is 41.5. The van der Waals surface area contributed by atoms with E-state index < -0.39 is 24.0 Å². The highest BCUT2D eigenvalue weighted by atomic mass is 35.5. The zero-order valence-corrected chi connectivity index (χ0v) is 17.5. The summed E-state index contributed by atoms with van der Waals surface area (Å²) >= 11 is 12.8. The maximum absolute atomic E-state index is 14.1. The first-order chi connectivity index (χ1) is 13.4. The lowest BCUT2D eigenvalue weighted by molar-refractivity contribution is -0.146. The zero-order chi connectivity index (χ0) is 20.3. The molecule has 3 saturated carbocycles. The van der Waals surface area contributed by atoms with Gasteiger partial charge in [-0.15, -0.1) is 23.2 Å². The Morgan fingerprint density at radius 2 is 1.71 bits per heavy atom. The van der Waals surface area contributed by atoms with Crippen molar-refractivity contribution in [2.24, 2.45) is 17.8 Å². The third-order valence-corrected chi connectivity index (χ3v) is 7.62. The topological polar surface area (TPSA) is 75.6 Å². The zero-order valence-electron chi connectivity index (χ0n) is 16.0. The van der Waals surface area contributed by atoms with E-state index in [0.717, 1.165) is 25.7 Å². The molecule has 8 unspecified atom stereocenters. The van der Waals surface area contributed by atoms with E-state index in [0.29, 0.717) is 32.1 Å². The van der Waals surface area contributed by atoms with Gasteiger partial charge < -0.3 is 15.2 Å². The van der Waals surface area contributed by atoms with Gasteiger partial charge in [0.25, 0.3) is 0 Å². The number of rotatable bonds is 6. The lowest BCUT2D eigenvalue weighted by atomic mass is 9.87. The fourth-order valence-corrected chi connectivity index (χ4v) is 5.69. The number of nitrogens with one attached hydrogen (secondary N) is 1. The van der Waals surface area contributed by atoms with E-state index in [2.05, 4.69) is 5.32 Å². The van der Waals surface area contributed by atoms with Crippen LogP contribution in [0.4, 0.5) is 4.39 Å². The van der Waals surface area contributed by atoms with Crippen molar-refractivity contribution in [3.8, 4) is 0 Å². The van der Waals surface area contributed by atoms with Crippen LogP contribution in [-0.2, 0) is 14.3 Å². The minimum Gasteiger partial charge on any atom is -0.481 e. The number of aliphatic carboxylic acids is 1. The van der Waals surface area contributed by atoms with Crippen molar-refractivity contribution in [2.45, 2.75) is 86.9 Å². The lowest BCUT2D eigenvalue weighted by Crippen LogP contribution is -2.47. The summed E-state index contributed by atoms with van der Waals surface area (Å²) in [5.74, 6) is -2.39. The predicted molar refractivity (Wildman–Crippen MR) is 106 cm³/mol. The number of carbonyl (C=O) groups is 2. The van der Waals surface area contributed by atoms with E-state index >= 15 is 0 Å². The van der Waals surface area contributed by atoms with Crippen molar-refractivity contribution in [1.29, 1.82) is 0 Å². The standard InChI is InChI=1S/C20H30Cl2FNO4/c21-15-5-2-6-17(23)14(15)10-28-18-8-7-11(9-16(18)22)24-19(25)12-3-1-4-13(12)20(26)27/h11-18H,1-10H2,(H,24,25)(H,26,27). The molecule has 160 valence electrons. The highest BCUT2D eigenvalue weighted by molar-refractivity contribution is 6.21. The van der Waals surface area contributed by atoms with Crippen LogP contribution in [0.25, 0.3) is 0 Å². The summed E-state index contributed by atoms with van der Waals surface area (Å²) in [5, 5.41) is 11.8. The Labute approximate surface area is 175 Å². The quantitative estimate of drug-likeness (QED) is 0.617. The van der Waals surface area contributed by atoms with Crippen molar-refractivity contribution in [3.05, 3.63) is 0 Å². The second-order valence-electron chi connectivity index (χ2n) is 8.52. The van der Waals surface area contributed by atoms with E-state index in [1.54, 1.807) is 0 Å². The van der Waals surface area contributed by atoms with E-state index in [1.807, 2.05) is 0 Å². The van der Waals surface area contributed by atoms with Gasteiger partial charge in [0.05, 0.1) is 29.9 Å². The number of hydrogen-bond donors (Lipinski definition) is 2. The molecule has 0 saturated heterocycles. The van der Waals surface area contributed by atoms with Gasteiger partial charge in [-0.3, -0.25) is 9.59 Å². The molecule has 1 amide bonds. The van der Waals surface area contributed by atoms with E-state index in [-0.39, 0.29) is 41.3 Å². The van der Waals surface area contributed by atoms with Gasteiger partial charge in [-0.05, 0) is 51.4 Å². The van der Waals surface area contributed by atoms with Gasteiger partial charge in [-0.1, -0.05) is 6.42 Å². The molecule has 3 fully saturated rings. The first-order valence-corrected chi connectivity index (χ1v) is 11.3. The number of carboxylic acids is 1. The molecule has 8 heteroatoms. The Morgan fingerprint density at radius 1 is 1.00 bits per heavy atom. The van der Waals surface area contributed by atoms with Crippen molar-refractivity contribution in [2.75, 3.05) is 6.61 Å². The molecule has 0 bridgehead atoms. The molecule has 2 N–H and O–H groups in total.